The van der Waals surface area contributed by atoms with Gasteiger partial charge in [-0.2, -0.15) is 0 Å². The van der Waals surface area contributed by atoms with Gasteiger partial charge in [-0.3, -0.25) is 4.79 Å². The second-order valence-corrected chi connectivity index (χ2v) is 5.38. The fourth-order valence-corrected chi connectivity index (χ4v) is 2.11. The van der Waals surface area contributed by atoms with E-state index in [9.17, 15) is 4.79 Å². The van der Waals surface area contributed by atoms with Gasteiger partial charge in [-0.1, -0.05) is 53.5 Å². The van der Waals surface area contributed by atoms with Gasteiger partial charge in [-0.25, -0.2) is 0 Å². The van der Waals surface area contributed by atoms with Gasteiger partial charge in [-0.15, -0.1) is 0 Å². The number of carbonyl (C=O) groups is 1. The van der Waals surface area contributed by atoms with E-state index < -0.39 is 0 Å². The molecule has 0 spiro atoms. The SMILES string of the molecule is O=C(CCNc1ccc(Cl)c(Cl)c1)NCc1ccccc1. The zero-order valence-corrected chi connectivity index (χ0v) is 12.9. The highest BCUT2D eigenvalue weighted by atomic mass is 35.5. The van der Waals surface area contributed by atoms with Gasteiger partial charge >= 0.3 is 0 Å². The standard InChI is InChI=1S/C16H16Cl2N2O/c17-14-7-6-13(10-15(14)18)19-9-8-16(21)20-11-12-4-2-1-3-5-12/h1-7,10,19H,8-9,11H2,(H,20,21). The van der Waals surface area contributed by atoms with Gasteiger partial charge in [0, 0.05) is 25.2 Å². The topological polar surface area (TPSA) is 41.1 Å². The van der Waals surface area contributed by atoms with Crippen molar-refractivity contribution < 1.29 is 4.79 Å². The van der Waals surface area contributed by atoms with Gasteiger partial charge in [0.25, 0.3) is 0 Å². The number of hydrogen-bond donors (Lipinski definition) is 2. The Bertz CT molecular complexity index is 602. The molecule has 2 N–H and O–H groups in total. The largest absolute Gasteiger partial charge is 0.384 e. The van der Waals surface area contributed by atoms with Gasteiger partial charge < -0.3 is 10.6 Å². The molecular weight excluding hydrogens is 307 g/mol. The molecule has 0 unspecified atom stereocenters. The Morgan fingerprint density at radius 1 is 1.00 bits per heavy atom. The van der Waals surface area contributed by atoms with E-state index >= 15 is 0 Å². The smallest absolute Gasteiger partial charge is 0.222 e. The van der Waals surface area contributed by atoms with Gasteiger partial charge in [-0.05, 0) is 23.8 Å². The lowest BCUT2D eigenvalue weighted by molar-refractivity contribution is -0.121. The normalized spacial score (nSPS) is 10.2. The highest BCUT2D eigenvalue weighted by Crippen LogP contribution is 2.24. The van der Waals surface area contributed by atoms with E-state index in [1.807, 2.05) is 36.4 Å². The molecule has 3 nitrogen and oxygen atoms in total. The lowest BCUT2D eigenvalue weighted by atomic mass is 10.2. The first-order chi connectivity index (χ1) is 10.1. The zero-order chi connectivity index (χ0) is 15.1. The molecule has 0 saturated carbocycles. The Labute approximate surface area is 134 Å². The number of halogens is 2. The molecular formula is C16H16Cl2N2O. The Kier molecular flexibility index (Phi) is 5.90. The van der Waals surface area contributed by atoms with Crippen molar-refractivity contribution in [2.45, 2.75) is 13.0 Å². The van der Waals surface area contributed by atoms with Gasteiger partial charge in [0.1, 0.15) is 0 Å². The number of rotatable bonds is 6. The summed E-state index contributed by atoms with van der Waals surface area (Å²) in [5.41, 5.74) is 1.93. The summed E-state index contributed by atoms with van der Waals surface area (Å²) in [6.07, 6.45) is 0.396. The summed E-state index contributed by atoms with van der Waals surface area (Å²) in [7, 11) is 0. The highest BCUT2D eigenvalue weighted by Gasteiger charge is 2.02. The van der Waals surface area contributed by atoms with Crippen molar-refractivity contribution in [3.05, 3.63) is 64.1 Å². The number of anilines is 1. The molecule has 0 aliphatic carbocycles. The Hall–Kier alpha value is -1.71. The van der Waals surface area contributed by atoms with E-state index in [4.69, 9.17) is 23.2 Å². The van der Waals surface area contributed by atoms with Crippen molar-refractivity contribution in [1.29, 1.82) is 0 Å². The molecule has 0 atom stereocenters. The third-order valence-corrected chi connectivity index (χ3v) is 3.67. The van der Waals surface area contributed by atoms with E-state index in [1.165, 1.54) is 0 Å². The van der Waals surface area contributed by atoms with Crippen molar-refractivity contribution >= 4 is 34.8 Å². The van der Waals surface area contributed by atoms with E-state index in [1.54, 1.807) is 12.1 Å². The van der Waals surface area contributed by atoms with Crippen LogP contribution in [0.5, 0.6) is 0 Å². The second-order valence-electron chi connectivity index (χ2n) is 4.57. The van der Waals surface area contributed by atoms with Crippen LogP contribution in [0.2, 0.25) is 10.0 Å². The minimum absolute atomic E-state index is 0.00594. The summed E-state index contributed by atoms with van der Waals surface area (Å²) in [6.45, 7) is 1.09. The first kappa shape index (κ1) is 15.7. The van der Waals surface area contributed by atoms with Crippen molar-refractivity contribution in [1.82, 2.24) is 5.32 Å². The molecule has 2 rings (SSSR count). The van der Waals surface area contributed by atoms with Crippen LogP contribution in [0.15, 0.2) is 48.5 Å². The Morgan fingerprint density at radius 3 is 2.48 bits per heavy atom. The molecule has 5 heteroatoms. The van der Waals surface area contributed by atoms with E-state index in [-0.39, 0.29) is 5.91 Å². The molecule has 1 amide bonds. The lowest BCUT2D eigenvalue weighted by Crippen LogP contribution is -2.24. The first-order valence-electron chi connectivity index (χ1n) is 6.65. The van der Waals surface area contributed by atoms with Crippen molar-refractivity contribution in [3.8, 4) is 0 Å². The molecule has 2 aromatic carbocycles. The summed E-state index contributed by atoms with van der Waals surface area (Å²) < 4.78 is 0. The van der Waals surface area contributed by atoms with E-state index in [0.29, 0.717) is 29.6 Å². The monoisotopic (exact) mass is 322 g/mol. The van der Waals surface area contributed by atoms with Crippen LogP contribution in [0.25, 0.3) is 0 Å². The van der Waals surface area contributed by atoms with Crippen LogP contribution in [0, 0.1) is 0 Å². The molecule has 0 aromatic heterocycles. The molecule has 0 bridgehead atoms. The van der Waals surface area contributed by atoms with Gasteiger partial charge in [0.05, 0.1) is 10.0 Å². The van der Waals surface area contributed by atoms with Crippen LogP contribution in [0.4, 0.5) is 5.69 Å². The maximum absolute atomic E-state index is 11.7. The number of amides is 1. The molecule has 0 aliphatic rings. The number of nitrogens with one attached hydrogen (secondary N) is 2. The average Bonchev–Trinajstić information content (AvgIpc) is 2.50. The molecule has 21 heavy (non-hydrogen) atoms. The van der Waals surface area contributed by atoms with Crippen LogP contribution in [0.3, 0.4) is 0 Å². The van der Waals surface area contributed by atoms with Crippen molar-refractivity contribution in [2.75, 3.05) is 11.9 Å². The molecule has 110 valence electrons. The molecule has 0 fully saturated rings. The van der Waals surface area contributed by atoms with E-state index in [0.717, 1.165) is 11.3 Å². The lowest BCUT2D eigenvalue weighted by Gasteiger charge is -2.08. The molecule has 0 heterocycles. The highest BCUT2D eigenvalue weighted by molar-refractivity contribution is 6.42. The fourth-order valence-electron chi connectivity index (χ4n) is 1.81. The summed E-state index contributed by atoms with van der Waals surface area (Å²) in [5, 5.41) is 7.03. The minimum Gasteiger partial charge on any atom is -0.384 e. The maximum Gasteiger partial charge on any atom is 0.222 e. The quantitative estimate of drug-likeness (QED) is 0.840. The van der Waals surface area contributed by atoms with E-state index in [2.05, 4.69) is 10.6 Å². The van der Waals surface area contributed by atoms with Crippen LogP contribution in [0.1, 0.15) is 12.0 Å². The first-order valence-corrected chi connectivity index (χ1v) is 7.40. The van der Waals surface area contributed by atoms with Crippen molar-refractivity contribution in [3.63, 3.8) is 0 Å². The summed E-state index contributed by atoms with van der Waals surface area (Å²) in [4.78, 5) is 11.7. The Morgan fingerprint density at radius 2 is 1.76 bits per heavy atom. The Balaban J connectivity index is 1.70. The van der Waals surface area contributed by atoms with Crippen molar-refractivity contribution in [2.24, 2.45) is 0 Å². The summed E-state index contributed by atoms with van der Waals surface area (Å²) in [5.74, 6) is 0.00594. The predicted octanol–water partition coefficient (Wildman–Crippen LogP) is 4.11. The molecule has 0 saturated heterocycles. The number of hydrogen-bond acceptors (Lipinski definition) is 2. The fraction of sp³-hybridized carbons (Fsp3) is 0.188. The average molecular weight is 323 g/mol. The zero-order valence-electron chi connectivity index (χ0n) is 11.4. The predicted molar refractivity (Wildman–Crippen MR) is 87.9 cm³/mol. The molecule has 0 aliphatic heterocycles. The summed E-state index contributed by atoms with van der Waals surface area (Å²) >= 11 is 11.8. The number of benzene rings is 2. The van der Waals surface area contributed by atoms with Crippen LogP contribution in [-0.4, -0.2) is 12.5 Å². The third-order valence-electron chi connectivity index (χ3n) is 2.93. The van der Waals surface area contributed by atoms with Crippen LogP contribution >= 0.6 is 23.2 Å². The third kappa shape index (κ3) is 5.29. The minimum atomic E-state index is 0.00594. The molecule has 0 radical (unpaired) electrons. The molecule has 2 aromatic rings. The number of carbonyl (C=O) groups excluding carboxylic acids is 1. The van der Waals surface area contributed by atoms with Crippen LogP contribution in [-0.2, 0) is 11.3 Å². The maximum atomic E-state index is 11.7. The summed E-state index contributed by atoms with van der Waals surface area (Å²) in [6, 6.07) is 15.1. The van der Waals surface area contributed by atoms with Crippen LogP contribution < -0.4 is 10.6 Å². The van der Waals surface area contributed by atoms with Gasteiger partial charge in [0.15, 0.2) is 0 Å². The second kappa shape index (κ2) is 7.91. The van der Waals surface area contributed by atoms with Gasteiger partial charge in [0.2, 0.25) is 5.91 Å².